The van der Waals surface area contributed by atoms with Crippen molar-refractivity contribution >= 4 is 129 Å². The molecule has 0 aliphatic rings. The van der Waals surface area contributed by atoms with Crippen LogP contribution in [-0.4, -0.2) is 18.7 Å². The Bertz CT molecular complexity index is 1710. The van der Waals surface area contributed by atoms with E-state index in [4.69, 9.17) is 9.97 Å². The van der Waals surface area contributed by atoms with Gasteiger partial charge < -0.3 is 0 Å². The summed E-state index contributed by atoms with van der Waals surface area (Å²) in [5, 5.41) is 6.73. The van der Waals surface area contributed by atoms with Crippen LogP contribution in [0.1, 0.15) is 0 Å². The van der Waals surface area contributed by atoms with Gasteiger partial charge in [0.2, 0.25) is 0 Å². The molecule has 0 fully saturated rings. The van der Waals surface area contributed by atoms with Crippen molar-refractivity contribution in [2.24, 2.45) is 0 Å². The third-order valence-electron chi connectivity index (χ3n) is 5.20. The quantitative estimate of drug-likeness (QED) is 0.257. The van der Waals surface area contributed by atoms with Crippen LogP contribution in [-0.2, 0) is 0 Å². The summed E-state index contributed by atoms with van der Waals surface area (Å²) in [7, 11) is 0. The Hall–Kier alpha value is -2.04. The third-order valence-corrected chi connectivity index (χ3v) is 10.2. The monoisotopic (exact) mass is 438 g/mol. The summed E-state index contributed by atoms with van der Waals surface area (Å²) in [6.45, 7) is 0. The summed E-state index contributed by atoms with van der Waals surface area (Å²) in [6.07, 6.45) is 0. The predicted octanol–water partition coefficient (Wildman–Crippen LogP) is 7.51. The van der Waals surface area contributed by atoms with E-state index in [1.165, 1.54) is 50.7 Å². The highest BCUT2D eigenvalue weighted by Crippen LogP contribution is 2.49. The molecule has 9 heteroatoms. The van der Waals surface area contributed by atoms with Crippen molar-refractivity contribution in [1.29, 1.82) is 0 Å². The molecule has 0 aliphatic carbocycles. The van der Waals surface area contributed by atoms with Crippen LogP contribution in [0.15, 0.2) is 22.9 Å². The number of hydrogen-bond donors (Lipinski definition) is 2. The predicted molar refractivity (Wildman–Crippen MR) is 123 cm³/mol. The lowest BCUT2D eigenvalue weighted by molar-refractivity contribution is 1.54. The number of thiophene rings is 4. The highest BCUT2D eigenvalue weighted by atomic mass is 32.1. The first-order valence-electron chi connectivity index (χ1n) is 8.24. The Kier molecular flexibility index (Phi) is 2.34. The summed E-state index contributed by atoms with van der Waals surface area (Å²) < 4.78 is 14.7. The zero-order valence-corrected chi connectivity index (χ0v) is 17.3. The van der Waals surface area contributed by atoms with Gasteiger partial charge in [0, 0.05) is 31.9 Å². The van der Waals surface area contributed by atoms with Crippen LogP contribution in [0, 0.1) is 0 Å². The van der Waals surface area contributed by atoms with E-state index in [2.05, 4.69) is 31.6 Å². The minimum Gasteiger partial charge on any atom is -0.294 e. The number of fused-ring (bicyclic) bond motifs is 14. The number of aromatic amines is 2. The summed E-state index contributed by atoms with van der Waals surface area (Å²) in [5.41, 5.74) is 6.63. The van der Waals surface area contributed by atoms with Gasteiger partial charge in [0.05, 0.1) is 29.8 Å². The fourth-order valence-corrected chi connectivity index (χ4v) is 9.36. The second-order valence-electron chi connectivity index (χ2n) is 6.51. The largest absolute Gasteiger partial charge is 0.294 e. The van der Waals surface area contributed by atoms with Gasteiger partial charge in [-0.2, -0.15) is 0 Å². The maximum atomic E-state index is 5.11. The summed E-state index contributed by atoms with van der Waals surface area (Å²) in [5.74, 6) is 0. The Labute approximate surface area is 170 Å². The van der Waals surface area contributed by atoms with Crippen LogP contribution < -0.4 is 0 Å². The Morgan fingerprint density at radius 3 is 1.67 bits per heavy atom. The smallest absolute Gasteiger partial charge is 0.101 e. The molecule has 0 radical (unpaired) electrons. The van der Waals surface area contributed by atoms with Gasteiger partial charge >= 0.3 is 0 Å². The molecule has 0 saturated heterocycles. The molecule has 4 nitrogen and oxygen atoms in total. The number of hydrogen-bond acceptors (Lipinski definition) is 7. The molecular formula is C18H6N4S5. The van der Waals surface area contributed by atoms with Crippen molar-refractivity contribution in [1.82, 2.24) is 18.7 Å². The molecule has 0 bridgehead atoms. The van der Waals surface area contributed by atoms with E-state index in [9.17, 15) is 0 Å². The highest BCUT2D eigenvalue weighted by molar-refractivity contribution is 7.33. The molecule has 7 heterocycles. The second-order valence-corrected chi connectivity index (χ2v) is 11.1. The maximum Gasteiger partial charge on any atom is 0.101 e. The van der Waals surface area contributed by atoms with Crippen LogP contribution >= 0.6 is 57.1 Å². The number of nitrogens with zero attached hydrogens (tertiary/aromatic N) is 2. The van der Waals surface area contributed by atoms with Crippen LogP contribution in [0.3, 0.4) is 0 Å². The van der Waals surface area contributed by atoms with Gasteiger partial charge in [0.25, 0.3) is 0 Å². The molecule has 0 amide bonds. The van der Waals surface area contributed by atoms with Gasteiger partial charge in [-0.1, -0.05) is 0 Å². The summed E-state index contributed by atoms with van der Waals surface area (Å²) in [6, 6.07) is 4.39. The van der Waals surface area contributed by atoms with Crippen molar-refractivity contribution in [3.8, 4) is 0 Å². The van der Waals surface area contributed by atoms with Crippen molar-refractivity contribution in [3.05, 3.63) is 22.9 Å². The molecule has 0 atom stereocenters. The molecule has 7 aromatic heterocycles. The summed E-state index contributed by atoms with van der Waals surface area (Å²) >= 11 is 8.77. The number of aromatic nitrogens is 4. The van der Waals surface area contributed by atoms with E-state index >= 15 is 0 Å². The van der Waals surface area contributed by atoms with Crippen molar-refractivity contribution in [3.63, 3.8) is 0 Å². The molecule has 2 N–H and O–H groups in total. The lowest BCUT2D eigenvalue weighted by Gasteiger charge is -1.96. The number of benzene rings is 1. The van der Waals surface area contributed by atoms with Crippen molar-refractivity contribution in [2.75, 3.05) is 0 Å². The normalized spacial score (nSPS) is 13.2. The Morgan fingerprint density at radius 2 is 1.15 bits per heavy atom. The van der Waals surface area contributed by atoms with E-state index in [1.54, 1.807) is 22.7 Å². The van der Waals surface area contributed by atoms with E-state index in [0.717, 1.165) is 33.1 Å². The van der Waals surface area contributed by atoms with Crippen LogP contribution in [0.2, 0.25) is 0 Å². The van der Waals surface area contributed by atoms with Gasteiger partial charge in [0.1, 0.15) is 22.1 Å². The molecule has 0 spiro atoms. The molecule has 0 saturated carbocycles. The van der Waals surface area contributed by atoms with Crippen LogP contribution in [0.5, 0.6) is 0 Å². The molecule has 0 unspecified atom stereocenters. The minimum atomic E-state index is 1.03. The SMILES string of the molecule is c1cc2sc3c(nc4c5nc6c7sccc7sc6c5c5[nH]s[nH]c5c43)c2s1. The van der Waals surface area contributed by atoms with Gasteiger partial charge in [-0.05, 0) is 22.9 Å². The molecule has 1 aromatic carbocycles. The first kappa shape index (κ1) is 14.0. The zero-order valence-electron chi connectivity index (χ0n) is 13.2. The van der Waals surface area contributed by atoms with E-state index < -0.39 is 0 Å². The average Bonchev–Trinajstić information content (AvgIpc) is 3.44. The first-order chi connectivity index (χ1) is 13.4. The molecule has 8 rings (SSSR count). The van der Waals surface area contributed by atoms with Crippen molar-refractivity contribution < 1.29 is 0 Å². The zero-order chi connectivity index (χ0) is 17.3. The Morgan fingerprint density at radius 1 is 0.630 bits per heavy atom. The molecule has 27 heavy (non-hydrogen) atoms. The molecule has 0 aliphatic heterocycles. The minimum absolute atomic E-state index is 1.03. The summed E-state index contributed by atoms with van der Waals surface area (Å²) in [4.78, 5) is 10.2. The van der Waals surface area contributed by atoms with E-state index in [1.807, 2.05) is 22.7 Å². The van der Waals surface area contributed by atoms with E-state index in [-0.39, 0.29) is 0 Å². The first-order valence-corrected chi connectivity index (χ1v) is 12.5. The van der Waals surface area contributed by atoms with Crippen LogP contribution in [0.4, 0.5) is 0 Å². The number of nitrogens with one attached hydrogen (secondary N) is 2. The average molecular weight is 439 g/mol. The molecular weight excluding hydrogens is 433 g/mol. The molecule has 128 valence electrons. The highest BCUT2D eigenvalue weighted by Gasteiger charge is 2.24. The van der Waals surface area contributed by atoms with Crippen LogP contribution in [0.25, 0.3) is 72.1 Å². The fourth-order valence-electron chi connectivity index (χ4n) is 4.10. The number of H-pyrrole nitrogens is 2. The molecule has 8 aromatic rings. The van der Waals surface area contributed by atoms with Crippen molar-refractivity contribution in [2.45, 2.75) is 0 Å². The van der Waals surface area contributed by atoms with Gasteiger partial charge in [0.15, 0.2) is 0 Å². The topological polar surface area (TPSA) is 57.4 Å². The van der Waals surface area contributed by atoms with Gasteiger partial charge in [-0.15, -0.1) is 45.3 Å². The van der Waals surface area contributed by atoms with Gasteiger partial charge in [-0.25, -0.2) is 9.97 Å². The lowest BCUT2D eigenvalue weighted by atomic mass is 10.1. The second kappa shape index (κ2) is 4.50. The number of rotatable bonds is 0. The third kappa shape index (κ3) is 1.49. The van der Waals surface area contributed by atoms with E-state index in [0.29, 0.717) is 0 Å². The maximum absolute atomic E-state index is 5.11. The Balaban J connectivity index is 1.75. The fraction of sp³-hybridized carbons (Fsp3) is 0. The standard InChI is InChI=1S/C18H6N4S5/c1-3-23-15-5(1)25-17-7-9(19-13(15)17)10-8(12-11(7)21-27-22-12)18-14(20-10)16-6(26-18)2-4-24-16/h1-4,21-22H. The lowest BCUT2D eigenvalue weighted by Crippen LogP contribution is -1.78. The van der Waals surface area contributed by atoms with Gasteiger partial charge in [-0.3, -0.25) is 8.75 Å².